The molecule has 0 unspecified atom stereocenters. The van der Waals surface area contributed by atoms with Crippen molar-refractivity contribution in [1.82, 2.24) is 10.3 Å². The second-order valence-electron chi connectivity index (χ2n) is 5.68. The highest BCUT2D eigenvalue weighted by molar-refractivity contribution is 7.09. The fourth-order valence-corrected chi connectivity index (χ4v) is 3.54. The molecule has 1 saturated carbocycles. The summed E-state index contributed by atoms with van der Waals surface area (Å²) in [6, 6.07) is 0. The second-order valence-corrected chi connectivity index (χ2v) is 6.62. The molecule has 2 N–H and O–H groups in total. The number of nitrogens with zero attached hydrogens (tertiary/aromatic N) is 1. The van der Waals surface area contributed by atoms with Gasteiger partial charge in [0.05, 0.1) is 10.9 Å². The molecular formula is C15H22N2O3S. The summed E-state index contributed by atoms with van der Waals surface area (Å²) in [6.07, 6.45) is 4.70. The quantitative estimate of drug-likeness (QED) is 0.758. The lowest BCUT2D eigenvalue weighted by Gasteiger charge is -2.10. The Morgan fingerprint density at radius 3 is 2.76 bits per heavy atom. The minimum Gasteiger partial charge on any atom is -0.481 e. The highest BCUT2D eigenvalue weighted by atomic mass is 32.1. The van der Waals surface area contributed by atoms with Gasteiger partial charge >= 0.3 is 5.97 Å². The molecule has 0 aliphatic heterocycles. The van der Waals surface area contributed by atoms with Crippen molar-refractivity contribution in [3.8, 4) is 0 Å². The van der Waals surface area contributed by atoms with E-state index < -0.39 is 5.97 Å². The average molecular weight is 310 g/mol. The Bertz CT molecular complexity index is 501. The molecule has 1 fully saturated rings. The predicted octanol–water partition coefficient (Wildman–Crippen LogP) is 2.39. The van der Waals surface area contributed by atoms with Crippen LogP contribution in [0.15, 0.2) is 5.38 Å². The summed E-state index contributed by atoms with van der Waals surface area (Å²) in [5, 5.41) is 15.1. The van der Waals surface area contributed by atoms with Crippen molar-refractivity contribution < 1.29 is 14.7 Å². The van der Waals surface area contributed by atoms with Crippen LogP contribution >= 0.6 is 11.3 Å². The summed E-state index contributed by atoms with van der Waals surface area (Å²) in [7, 11) is 0. The van der Waals surface area contributed by atoms with Gasteiger partial charge in [0.2, 0.25) is 5.91 Å². The van der Waals surface area contributed by atoms with E-state index in [0.29, 0.717) is 25.8 Å². The van der Waals surface area contributed by atoms with Crippen LogP contribution in [0.4, 0.5) is 0 Å². The third-order valence-electron chi connectivity index (χ3n) is 3.94. The maximum absolute atomic E-state index is 11.9. The van der Waals surface area contributed by atoms with Gasteiger partial charge in [0.15, 0.2) is 0 Å². The van der Waals surface area contributed by atoms with Crippen molar-refractivity contribution >= 4 is 23.2 Å². The first-order chi connectivity index (χ1) is 10.1. The van der Waals surface area contributed by atoms with E-state index in [2.05, 4.69) is 15.7 Å². The molecule has 0 aromatic carbocycles. The van der Waals surface area contributed by atoms with Crippen molar-refractivity contribution in [2.45, 2.75) is 45.4 Å². The Morgan fingerprint density at radius 1 is 1.38 bits per heavy atom. The zero-order valence-electron chi connectivity index (χ0n) is 12.3. The number of thiazole rings is 1. The van der Waals surface area contributed by atoms with Gasteiger partial charge < -0.3 is 10.4 Å². The topological polar surface area (TPSA) is 79.3 Å². The fourth-order valence-electron chi connectivity index (χ4n) is 2.72. The van der Waals surface area contributed by atoms with Crippen LogP contribution in [-0.2, 0) is 16.0 Å². The van der Waals surface area contributed by atoms with E-state index in [4.69, 9.17) is 5.11 Å². The maximum atomic E-state index is 11.9. The first kappa shape index (κ1) is 15.9. The SMILES string of the molecule is Cc1csc(CCCCNC(=O)[C@@H]2CC[C@H](C(=O)O)C2)n1. The number of aromatic nitrogens is 1. The normalized spacial score (nSPS) is 21.4. The van der Waals surface area contributed by atoms with Gasteiger partial charge in [0, 0.05) is 23.5 Å². The van der Waals surface area contributed by atoms with Gasteiger partial charge in [0.25, 0.3) is 0 Å². The van der Waals surface area contributed by atoms with E-state index in [-0.39, 0.29) is 17.7 Å². The van der Waals surface area contributed by atoms with E-state index in [0.717, 1.165) is 30.0 Å². The molecule has 0 spiro atoms. The number of aliphatic carboxylic acids is 1. The van der Waals surface area contributed by atoms with E-state index in [1.54, 1.807) is 11.3 Å². The number of nitrogens with one attached hydrogen (secondary N) is 1. The van der Waals surface area contributed by atoms with Crippen molar-refractivity contribution in [3.05, 3.63) is 16.1 Å². The lowest BCUT2D eigenvalue weighted by Crippen LogP contribution is -2.30. The predicted molar refractivity (Wildman–Crippen MR) is 81.3 cm³/mol. The Hall–Kier alpha value is -1.43. The third kappa shape index (κ3) is 4.81. The molecule has 1 amide bonds. The van der Waals surface area contributed by atoms with Crippen LogP contribution in [0.2, 0.25) is 0 Å². The van der Waals surface area contributed by atoms with E-state index >= 15 is 0 Å². The van der Waals surface area contributed by atoms with E-state index in [1.165, 1.54) is 0 Å². The molecule has 21 heavy (non-hydrogen) atoms. The largest absolute Gasteiger partial charge is 0.481 e. The zero-order valence-corrected chi connectivity index (χ0v) is 13.1. The van der Waals surface area contributed by atoms with Crippen LogP contribution in [0, 0.1) is 18.8 Å². The molecule has 0 radical (unpaired) electrons. The van der Waals surface area contributed by atoms with Crippen molar-refractivity contribution in [1.29, 1.82) is 0 Å². The lowest BCUT2D eigenvalue weighted by molar-refractivity contribution is -0.141. The van der Waals surface area contributed by atoms with Crippen molar-refractivity contribution in [2.24, 2.45) is 11.8 Å². The smallest absolute Gasteiger partial charge is 0.306 e. The van der Waals surface area contributed by atoms with Crippen molar-refractivity contribution in [3.63, 3.8) is 0 Å². The number of rotatable bonds is 7. The molecular weight excluding hydrogens is 288 g/mol. The molecule has 5 nitrogen and oxygen atoms in total. The van der Waals surface area contributed by atoms with Gasteiger partial charge in [-0.2, -0.15) is 0 Å². The number of carboxylic acids is 1. The number of unbranched alkanes of at least 4 members (excludes halogenated alkanes) is 1. The number of carbonyl (C=O) groups is 2. The summed E-state index contributed by atoms with van der Waals surface area (Å²) in [6.45, 7) is 2.66. The maximum Gasteiger partial charge on any atom is 0.306 e. The molecule has 6 heteroatoms. The molecule has 0 saturated heterocycles. The number of amides is 1. The van der Waals surface area contributed by atoms with Crippen LogP contribution in [0.3, 0.4) is 0 Å². The van der Waals surface area contributed by atoms with Gasteiger partial charge in [-0.15, -0.1) is 11.3 Å². The monoisotopic (exact) mass is 310 g/mol. The number of hydrogen-bond acceptors (Lipinski definition) is 4. The average Bonchev–Trinajstić information content (AvgIpc) is 3.07. The van der Waals surface area contributed by atoms with Gasteiger partial charge in [-0.25, -0.2) is 4.98 Å². The highest BCUT2D eigenvalue weighted by Crippen LogP contribution is 2.31. The number of carboxylic acid groups (broad SMARTS) is 1. The van der Waals surface area contributed by atoms with Crippen LogP contribution in [0.1, 0.15) is 42.8 Å². The fraction of sp³-hybridized carbons (Fsp3) is 0.667. The van der Waals surface area contributed by atoms with Gasteiger partial charge in [-0.1, -0.05) is 0 Å². The van der Waals surface area contributed by atoms with E-state index in [9.17, 15) is 9.59 Å². The molecule has 1 aliphatic carbocycles. The molecule has 1 aromatic heterocycles. The molecule has 1 heterocycles. The minimum absolute atomic E-state index is 0.0174. The standard InChI is InChI=1S/C15H22N2O3S/c1-10-9-21-13(17-10)4-2-3-7-16-14(18)11-5-6-12(8-11)15(19)20/h9,11-12H,2-8H2,1H3,(H,16,18)(H,19,20)/t11-,12+/m1/s1. The lowest BCUT2D eigenvalue weighted by atomic mass is 10.0. The van der Waals surface area contributed by atoms with Crippen LogP contribution in [-0.4, -0.2) is 28.5 Å². The molecule has 2 rings (SSSR count). The first-order valence-electron chi connectivity index (χ1n) is 7.48. The minimum atomic E-state index is -0.774. The van der Waals surface area contributed by atoms with Crippen LogP contribution in [0.25, 0.3) is 0 Å². The van der Waals surface area contributed by atoms with Crippen LogP contribution in [0.5, 0.6) is 0 Å². The van der Waals surface area contributed by atoms with Gasteiger partial charge in [0.1, 0.15) is 0 Å². The molecule has 2 atom stereocenters. The van der Waals surface area contributed by atoms with E-state index in [1.807, 2.05) is 6.92 Å². The third-order valence-corrected chi connectivity index (χ3v) is 4.96. The number of aryl methyl sites for hydroxylation is 2. The Kier molecular flexibility index (Phi) is 5.73. The highest BCUT2D eigenvalue weighted by Gasteiger charge is 2.33. The molecule has 1 aliphatic rings. The van der Waals surface area contributed by atoms with Crippen LogP contribution < -0.4 is 5.32 Å². The van der Waals surface area contributed by atoms with Gasteiger partial charge in [-0.05, 0) is 45.4 Å². The molecule has 0 bridgehead atoms. The summed E-state index contributed by atoms with van der Waals surface area (Å²) in [4.78, 5) is 27.2. The van der Waals surface area contributed by atoms with Crippen molar-refractivity contribution in [2.75, 3.05) is 6.54 Å². The Balaban J connectivity index is 1.58. The summed E-state index contributed by atoms with van der Waals surface area (Å²) < 4.78 is 0. The molecule has 1 aromatic rings. The summed E-state index contributed by atoms with van der Waals surface area (Å²) in [5.41, 5.74) is 1.07. The zero-order chi connectivity index (χ0) is 15.2. The van der Waals surface area contributed by atoms with Gasteiger partial charge in [-0.3, -0.25) is 9.59 Å². The molecule has 116 valence electrons. The Labute approximate surface area is 128 Å². The number of hydrogen-bond donors (Lipinski definition) is 2. The first-order valence-corrected chi connectivity index (χ1v) is 8.35. The Morgan fingerprint density at radius 2 is 2.14 bits per heavy atom. The number of carbonyl (C=O) groups excluding carboxylic acids is 1. The summed E-state index contributed by atoms with van der Waals surface area (Å²) >= 11 is 1.68. The second kappa shape index (κ2) is 7.54. The summed E-state index contributed by atoms with van der Waals surface area (Å²) in [5.74, 6) is -1.21.